The molecule has 0 bridgehead atoms. The number of hydrogen-bond acceptors (Lipinski definition) is 4. The van der Waals surface area contributed by atoms with E-state index in [9.17, 15) is 9.59 Å². The molecule has 4 heteroatoms. The Kier molecular flexibility index (Phi) is 4.27. The van der Waals surface area contributed by atoms with Crippen LogP contribution in [-0.4, -0.2) is 24.1 Å². The maximum Gasteiger partial charge on any atom is 0.350 e. The molecule has 0 spiro atoms. The van der Waals surface area contributed by atoms with Gasteiger partial charge >= 0.3 is 11.9 Å². The lowest BCUT2D eigenvalue weighted by Crippen LogP contribution is -2.30. The van der Waals surface area contributed by atoms with Crippen molar-refractivity contribution in [2.75, 3.05) is 6.61 Å². The minimum Gasteiger partial charge on any atom is -0.462 e. The summed E-state index contributed by atoms with van der Waals surface area (Å²) in [5.41, 5.74) is 0.421. The normalized spacial score (nSPS) is 24.3. The largest absolute Gasteiger partial charge is 0.462 e. The molecule has 0 aromatic heterocycles. The maximum absolute atomic E-state index is 11.8. The smallest absolute Gasteiger partial charge is 0.350 e. The predicted molar refractivity (Wildman–Crippen MR) is 70.4 cm³/mol. The van der Waals surface area contributed by atoms with E-state index in [0.717, 1.165) is 25.2 Å². The topological polar surface area (TPSA) is 52.6 Å². The summed E-state index contributed by atoms with van der Waals surface area (Å²) in [6.45, 7) is 3.96. The Labute approximate surface area is 114 Å². The molecule has 106 valence electrons. The van der Waals surface area contributed by atoms with E-state index in [4.69, 9.17) is 9.47 Å². The second kappa shape index (κ2) is 5.76. The van der Waals surface area contributed by atoms with Crippen LogP contribution < -0.4 is 0 Å². The van der Waals surface area contributed by atoms with E-state index < -0.39 is 11.6 Å². The van der Waals surface area contributed by atoms with Crippen LogP contribution in [0.2, 0.25) is 0 Å². The molecule has 0 aromatic carbocycles. The van der Waals surface area contributed by atoms with Crippen molar-refractivity contribution in [1.29, 1.82) is 0 Å². The number of carbonyl (C=O) groups excluding carboxylic acids is 2. The van der Waals surface area contributed by atoms with Gasteiger partial charge in [-0.05, 0) is 25.2 Å². The van der Waals surface area contributed by atoms with Crippen molar-refractivity contribution in [2.24, 2.45) is 5.92 Å². The van der Waals surface area contributed by atoms with Crippen LogP contribution in [-0.2, 0) is 19.1 Å². The average Bonchev–Trinajstić information content (AvgIpc) is 3.11. The zero-order chi connectivity index (χ0) is 13.9. The molecule has 0 unspecified atom stereocenters. The van der Waals surface area contributed by atoms with Gasteiger partial charge in [-0.15, -0.1) is 0 Å². The van der Waals surface area contributed by atoms with Crippen molar-refractivity contribution < 1.29 is 19.1 Å². The SMILES string of the molecule is CC(=O)OC1(C(=O)OCCC2=CC[C@H](C)CC2)CC1. The van der Waals surface area contributed by atoms with Crippen LogP contribution in [0.3, 0.4) is 0 Å². The first-order chi connectivity index (χ1) is 9.02. The molecule has 0 N–H and O–H groups in total. The van der Waals surface area contributed by atoms with Crippen LogP contribution >= 0.6 is 0 Å². The highest BCUT2D eigenvalue weighted by atomic mass is 16.6. The highest BCUT2D eigenvalue weighted by molar-refractivity contribution is 5.85. The second-order valence-electron chi connectivity index (χ2n) is 5.72. The summed E-state index contributed by atoms with van der Waals surface area (Å²) < 4.78 is 10.3. The molecule has 0 aromatic rings. The van der Waals surface area contributed by atoms with Crippen molar-refractivity contribution in [2.45, 2.75) is 58.0 Å². The number of esters is 2. The van der Waals surface area contributed by atoms with E-state index in [0.29, 0.717) is 19.4 Å². The van der Waals surface area contributed by atoms with Gasteiger partial charge in [0.15, 0.2) is 0 Å². The third-order valence-electron chi connectivity index (χ3n) is 3.84. The molecule has 0 aliphatic heterocycles. The van der Waals surface area contributed by atoms with Crippen LogP contribution in [0.4, 0.5) is 0 Å². The average molecular weight is 266 g/mol. The molecule has 1 fully saturated rings. The summed E-state index contributed by atoms with van der Waals surface area (Å²) in [7, 11) is 0. The highest BCUT2D eigenvalue weighted by Gasteiger charge is 2.55. The summed E-state index contributed by atoms with van der Waals surface area (Å²) in [5, 5.41) is 0. The van der Waals surface area contributed by atoms with E-state index in [-0.39, 0.29) is 5.97 Å². The van der Waals surface area contributed by atoms with Crippen molar-refractivity contribution >= 4 is 11.9 Å². The number of rotatable bonds is 5. The lowest BCUT2D eigenvalue weighted by molar-refractivity contribution is -0.169. The molecule has 1 saturated carbocycles. The van der Waals surface area contributed by atoms with Crippen molar-refractivity contribution in [3.63, 3.8) is 0 Å². The third kappa shape index (κ3) is 3.82. The van der Waals surface area contributed by atoms with Gasteiger partial charge in [-0.1, -0.05) is 18.6 Å². The standard InChI is InChI=1S/C15H22O4/c1-11-3-5-13(6-4-11)7-10-18-14(17)15(8-9-15)19-12(2)16/h5,11H,3-4,6-10H2,1-2H3/t11-/m0/s1. The maximum atomic E-state index is 11.8. The highest BCUT2D eigenvalue weighted by Crippen LogP contribution is 2.41. The lowest BCUT2D eigenvalue weighted by Gasteiger charge is -2.19. The Morgan fingerprint density at radius 2 is 2.16 bits per heavy atom. The number of hydrogen-bond donors (Lipinski definition) is 0. The molecule has 0 saturated heterocycles. The first-order valence-corrected chi connectivity index (χ1v) is 7.06. The molecule has 19 heavy (non-hydrogen) atoms. The first kappa shape index (κ1) is 14.1. The molecule has 2 rings (SSSR count). The first-order valence-electron chi connectivity index (χ1n) is 7.06. The molecule has 0 heterocycles. The zero-order valence-electron chi connectivity index (χ0n) is 11.7. The van der Waals surface area contributed by atoms with Crippen molar-refractivity contribution in [3.8, 4) is 0 Å². The predicted octanol–water partition coefficient (Wildman–Crippen LogP) is 2.76. The Bertz CT molecular complexity index is 393. The number of allylic oxidation sites excluding steroid dienone is 1. The van der Waals surface area contributed by atoms with Gasteiger partial charge in [-0.25, -0.2) is 4.79 Å². The van der Waals surface area contributed by atoms with Gasteiger partial charge < -0.3 is 9.47 Å². The fourth-order valence-corrected chi connectivity index (χ4v) is 2.39. The Hall–Kier alpha value is -1.32. The number of carbonyl (C=O) groups is 2. The van der Waals surface area contributed by atoms with Crippen LogP contribution in [0.25, 0.3) is 0 Å². The Balaban J connectivity index is 1.71. The lowest BCUT2D eigenvalue weighted by atomic mass is 9.90. The summed E-state index contributed by atoms with van der Waals surface area (Å²) in [5.74, 6) is -0.0316. The third-order valence-corrected chi connectivity index (χ3v) is 3.84. The van der Waals surface area contributed by atoms with E-state index in [1.54, 1.807) is 0 Å². The molecule has 4 nitrogen and oxygen atoms in total. The van der Waals surface area contributed by atoms with E-state index in [1.807, 2.05) is 0 Å². The van der Waals surface area contributed by atoms with Gasteiger partial charge in [0.1, 0.15) is 0 Å². The monoisotopic (exact) mass is 266 g/mol. The quantitative estimate of drug-likeness (QED) is 0.567. The minimum atomic E-state index is -0.957. The Morgan fingerprint density at radius 1 is 1.42 bits per heavy atom. The summed E-state index contributed by atoms with van der Waals surface area (Å²) in [4.78, 5) is 22.8. The van der Waals surface area contributed by atoms with Gasteiger partial charge in [-0.2, -0.15) is 0 Å². The van der Waals surface area contributed by atoms with Crippen molar-refractivity contribution in [3.05, 3.63) is 11.6 Å². The van der Waals surface area contributed by atoms with Gasteiger partial charge in [0.25, 0.3) is 0 Å². The molecular formula is C15H22O4. The van der Waals surface area contributed by atoms with E-state index in [1.165, 1.54) is 18.9 Å². The van der Waals surface area contributed by atoms with Gasteiger partial charge in [-0.3, -0.25) is 4.79 Å². The van der Waals surface area contributed by atoms with Crippen LogP contribution in [0.15, 0.2) is 11.6 Å². The molecule has 0 amide bonds. The van der Waals surface area contributed by atoms with E-state index >= 15 is 0 Å². The minimum absolute atomic E-state index is 0.382. The molecule has 0 radical (unpaired) electrons. The van der Waals surface area contributed by atoms with Crippen LogP contribution in [0.5, 0.6) is 0 Å². The van der Waals surface area contributed by atoms with Crippen molar-refractivity contribution in [1.82, 2.24) is 0 Å². The molecular weight excluding hydrogens is 244 g/mol. The van der Waals surface area contributed by atoms with Gasteiger partial charge in [0.2, 0.25) is 5.60 Å². The van der Waals surface area contributed by atoms with Gasteiger partial charge in [0, 0.05) is 26.2 Å². The van der Waals surface area contributed by atoms with E-state index in [2.05, 4.69) is 13.0 Å². The fourth-order valence-electron chi connectivity index (χ4n) is 2.39. The van der Waals surface area contributed by atoms with Gasteiger partial charge in [0.05, 0.1) is 6.61 Å². The molecule has 2 aliphatic rings. The Morgan fingerprint density at radius 3 is 2.68 bits per heavy atom. The zero-order valence-corrected chi connectivity index (χ0v) is 11.7. The molecule has 2 aliphatic carbocycles. The van der Waals surface area contributed by atoms with Crippen LogP contribution in [0, 0.1) is 5.92 Å². The second-order valence-corrected chi connectivity index (χ2v) is 5.72. The molecule has 1 atom stereocenters. The number of ether oxygens (including phenoxy) is 2. The summed E-state index contributed by atoms with van der Waals surface area (Å²) in [6.07, 6.45) is 7.69. The van der Waals surface area contributed by atoms with Crippen LogP contribution in [0.1, 0.15) is 52.4 Å². The fraction of sp³-hybridized carbons (Fsp3) is 0.733. The summed E-state index contributed by atoms with van der Waals surface area (Å²) in [6, 6.07) is 0. The summed E-state index contributed by atoms with van der Waals surface area (Å²) >= 11 is 0.